The molecule has 4 rings (SSSR count). The molecule has 1 aliphatic carbocycles. The van der Waals surface area contributed by atoms with Crippen LogP contribution in [0, 0.1) is 0 Å². The second-order valence-corrected chi connectivity index (χ2v) is 7.80. The fourth-order valence-corrected chi connectivity index (χ4v) is 3.65. The van der Waals surface area contributed by atoms with Crippen LogP contribution >= 0.6 is 0 Å². The van der Waals surface area contributed by atoms with E-state index in [0.29, 0.717) is 22.4 Å². The van der Waals surface area contributed by atoms with Gasteiger partial charge in [-0.3, -0.25) is 14.4 Å². The van der Waals surface area contributed by atoms with Crippen molar-refractivity contribution in [2.24, 2.45) is 0 Å². The number of phenolic OH excluding ortho intramolecular Hbond substituents is 1. The number of carbonyl (C=O) groups is 4. The van der Waals surface area contributed by atoms with Crippen molar-refractivity contribution in [3.63, 3.8) is 0 Å². The summed E-state index contributed by atoms with van der Waals surface area (Å²) in [6, 6.07) is 15.6. The number of methoxy groups -OCH3 is 1. The van der Waals surface area contributed by atoms with Gasteiger partial charge in [0.05, 0.1) is 7.11 Å². The highest BCUT2D eigenvalue weighted by Crippen LogP contribution is 2.29. The summed E-state index contributed by atoms with van der Waals surface area (Å²) in [6.07, 6.45) is 1.48. The van der Waals surface area contributed by atoms with Gasteiger partial charge >= 0.3 is 5.97 Å². The standard InChI is InChI=1S/C27H21NO7/c1-15(35-24(30)12-8-16-7-11-22(29)23(13-16)34-2)27(33)28-17-9-10-20-21(14-17)26(32)19-6-4-3-5-18(19)25(20)31/h3-15,29H,1-2H3,(H,28,33)/b12-8+. The van der Waals surface area contributed by atoms with E-state index in [4.69, 9.17) is 9.47 Å². The van der Waals surface area contributed by atoms with E-state index in [1.807, 2.05) is 0 Å². The summed E-state index contributed by atoms with van der Waals surface area (Å²) < 4.78 is 10.2. The summed E-state index contributed by atoms with van der Waals surface area (Å²) in [6.45, 7) is 1.41. The number of ketones is 2. The molecular formula is C27H21NO7. The summed E-state index contributed by atoms with van der Waals surface area (Å²) in [7, 11) is 1.41. The number of ether oxygens (including phenoxy) is 2. The molecule has 1 amide bonds. The van der Waals surface area contributed by atoms with E-state index in [2.05, 4.69) is 5.32 Å². The van der Waals surface area contributed by atoms with E-state index in [0.717, 1.165) is 6.08 Å². The van der Waals surface area contributed by atoms with Gasteiger partial charge < -0.3 is 19.9 Å². The van der Waals surface area contributed by atoms with Crippen molar-refractivity contribution in [1.29, 1.82) is 0 Å². The van der Waals surface area contributed by atoms with Gasteiger partial charge in [0.2, 0.25) is 0 Å². The minimum Gasteiger partial charge on any atom is -0.504 e. The molecule has 1 aliphatic rings. The second kappa shape index (κ2) is 9.64. The highest BCUT2D eigenvalue weighted by Gasteiger charge is 2.29. The Kier molecular flexibility index (Phi) is 6.46. The van der Waals surface area contributed by atoms with E-state index < -0.39 is 18.0 Å². The van der Waals surface area contributed by atoms with E-state index >= 15 is 0 Å². The molecule has 3 aromatic carbocycles. The lowest BCUT2D eigenvalue weighted by Crippen LogP contribution is -2.29. The SMILES string of the molecule is COc1cc(/C=C/C(=O)OC(C)C(=O)Nc2ccc3c(c2)C(=O)c2ccccc2C3=O)ccc1O. The fourth-order valence-electron chi connectivity index (χ4n) is 3.65. The molecule has 8 heteroatoms. The lowest BCUT2D eigenvalue weighted by atomic mass is 9.84. The third kappa shape index (κ3) is 4.81. The summed E-state index contributed by atoms with van der Waals surface area (Å²) >= 11 is 0. The number of benzene rings is 3. The van der Waals surface area contributed by atoms with Crippen LogP contribution in [0.1, 0.15) is 44.3 Å². The number of phenols is 1. The first-order chi connectivity index (χ1) is 16.8. The van der Waals surface area contributed by atoms with Crippen molar-refractivity contribution in [3.05, 3.63) is 94.6 Å². The first kappa shape index (κ1) is 23.4. The monoisotopic (exact) mass is 471 g/mol. The summed E-state index contributed by atoms with van der Waals surface area (Å²) in [5, 5.41) is 12.2. The minimum atomic E-state index is -1.13. The normalized spacial score (nSPS) is 13.1. The Balaban J connectivity index is 1.41. The fraction of sp³-hybridized carbons (Fsp3) is 0.111. The molecule has 0 spiro atoms. The lowest BCUT2D eigenvalue weighted by Gasteiger charge is -2.18. The van der Waals surface area contributed by atoms with Crippen LogP contribution in [-0.2, 0) is 14.3 Å². The van der Waals surface area contributed by atoms with Gasteiger partial charge in [-0.05, 0) is 48.9 Å². The molecule has 1 unspecified atom stereocenters. The van der Waals surface area contributed by atoms with Crippen LogP contribution in [0.2, 0.25) is 0 Å². The Morgan fingerprint density at radius 1 is 0.914 bits per heavy atom. The molecule has 0 saturated heterocycles. The topological polar surface area (TPSA) is 119 Å². The van der Waals surface area contributed by atoms with Crippen LogP contribution in [0.4, 0.5) is 5.69 Å². The van der Waals surface area contributed by atoms with E-state index in [1.54, 1.807) is 30.3 Å². The van der Waals surface area contributed by atoms with Crippen molar-refractivity contribution in [1.82, 2.24) is 0 Å². The third-order valence-electron chi connectivity index (χ3n) is 5.47. The van der Waals surface area contributed by atoms with Gasteiger partial charge in [0.15, 0.2) is 29.2 Å². The number of carbonyl (C=O) groups excluding carboxylic acids is 4. The van der Waals surface area contributed by atoms with Crippen molar-refractivity contribution in [2.75, 3.05) is 12.4 Å². The number of aromatic hydroxyl groups is 1. The zero-order valence-corrected chi connectivity index (χ0v) is 18.9. The molecule has 35 heavy (non-hydrogen) atoms. The molecule has 0 heterocycles. The minimum absolute atomic E-state index is 0.0324. The molecule has 0 fully saturated rings. The number of rotatable bonds is 6. The largest absolute Gasteiger partial charge is 0.504 e. The summed E-state index contributed by atoms with van der Waals surface area (Å²) in [4.78, 5) is 50.3. The van der Waals surface area contributed by atoms with Crippen LogP contribution in [0.15, 0.2) is 66.7 Å². The Labute approximate surface area is 200 Å². The summed E-state index contributed by atoms with van der Waals surface area (Å²) in [5.74, 6) is -1.69. The molecule has 0 aromatic heterocycles. The number of esters is 1. The Hall–Kier alpha value is -4.72. The smallest absolute Gasteiger partial charge is 0.331 e. The average Bonchev–Trinajstić information content (AvgIpc) is 2.86. The first-order valence-corrected chi connectivity index (χ1v) is 10.7. The van der Waals surface area contributed by atoms with Crippen LogP contribution < -0.4 is 10.1 Å². The van der Waals surface area contributed by atoms with Gasteiger partial charge in [-0.25, -0.2) is 4.79 Å². The van der Waals surface area contributed by atoms with Gasteiger partial charge in [-0.1, -0.05) is 30.3 Å². The van der Waals surface area contributed by atoms with E-state index in [-0.39, 0.29) is 34.2 Å². The average molecular weight is 471 g/mol. The van der Waals surface area contributed by atoms with Crippen LogP contribution in [0.5, 0.6) is 11.5 Å². The number of fused-ring (bicyclic) bond motifs is 2. The third-order valence-corrected chi connectivity index (χ3v) is 5.47. The number of hydrogen-bond acceptors (Lipinski definition) is 7. The molecule has 0 saturated carbocycles. The van der Waals surface area contributed by atoms with E-state index in [1.165, 1.54) is 50.4 Å². The van der Waals surface area contributed by atoms with Gasteiger partial charge in [0.1, 0.15) is 0 Å². The Morgan fingerprint density at radius 2 is 1.57 bits per heavy atom. The van der Waals surface area contributed by atoms with Gasteiger partial charge in [0, 0.05) is 34.0 Å². The lowest BCUT2D eigenvalue weighted by molar-refractivity contribution is -0.148. The Bertz CT molecular complexity index is 1390. The molecule has 2 N–H and O–H groups in total. The van der Waals surface area contributed by atoms with Crippen molar-refractivity contribution >= 4 is 35.2 Å². The molecule has 3 aromatic rings. The van der Waals surface area contributed by atoms with Gasteiger partial charge in [0.25, 0.3) is 5.91 Å². The van der Waals surface area contributed by atoms with Crippen LogP contribution in [0.3, 0.4) is 0 Å². The van der Waals surface area contributed by atoms with Crippen molar-refractivity contribution < 1.29 is 33.8 Å². The van der Waals surface area contributed by atoms with Gasteiger partial charge in [-0.15, -0.1) is 0 Å². The second-order valence-electron chi connectivity index (χ2n) is 7.80. The van der Waals surface area contributed by atoms with Crippen LogP contribution in [-0.4, -0.2) is 41.8 Å². The predicted molar refractivity (Wildman–Crippen MR) is 128 cm³/mol. The maximum Gasteiger partial charge on any atom is 0.331 e. The first-order valence-electron chi connectivity index (χ1n) is 10.7. The molecular weight excluding hydrogens is 450 g/mol. The number of anilines is 1. The Morgan fingerprint density at radius 3 is 2.26 bits per heavy atom. The zero-order valence-electron chi connectivity index (χ0n) is 18.9. The van der Waals surface area contributed by atoms with Gasteiger partial charge in [-0.2, -0.15) is 0 Å². The summed E-state index contributed by atoms with van der Waals surface area (Å²) in [5.41, 5.74) is 2.01. The highest BCUT2D eigenvalue weighted by molar-refractivity contribution is 6.28. The highest BCUT2D eigenvalue weighted by atomic mass is 16.5. The maximum atomic E-state index is 12.9. The van der Waals surface area contributed by atoms with Crippen LogP contribution in [0.25, 0.3) is 6.08 Å². The predicted octanol–water partition coefficient (Wildman–Crippen LogP) is 3.76. The molecule has 0 aliphatic heterocycles. The quantitative estimate of drug-likeness (QED) is 0.325. The number of hydrogen-bond donors (Lipinski definition) is 2. The number of amides is 1. The molecule has 1 atom stereocenters. The van der Waals surface area contributed by atoms with Crippen molar-refractivity contribution in [2.45, 2.75) is 13.0 Å². The zero-order chi connectivity index (χ0) is 25.1. The van der Waals surface area contributed by atoms with Crippen molar-refractivity contribution in [3.8, 4) is 11.5 Å². The molecule has 8 nitrogen and oxygen atoms in total. The molecule has 176 valence electrons. The molecule has 0 radical (unpaired) electrons. The number of nitrogens with one attached hydrogen (secondary N) is 1. The van der Waals surface area contributed by atoms with E-state index in [9.17, 15) is 24.3 Å². The maximum absolute atomic E-state index is 12.9. The molecule has 0 bridgehead atoms.